The van der Waals surface area contributed by atoms with Gasteiger partial charge in [0, 0.05) is 16.7 Å². The van der Waals surface area contributed by atoms with Crippen molar-refractivity contribution in [2.45, 2.75) is 11.8 Å². The van der Waals surface area contributed by atoms with Crippen molar-refractivity contribution in [3.8, 4) is 11.5 Å². The smallest absolute Gasteiger partial charge is 0.277 e. The fourth-order valence-electron chi connectivity index (χ4n) is 2.11. The molecule has 0 unspecified atom stereocenters. The summed E-state index contributed by atoms with van der Waals surface area (Å²) < 4.78 is 16.2. The maximum Gasteiger partial charge on any atom is 0.277 e. The Bertz CT molecular complexity index is 949. The third-order valence-corrected chi connectivity index (χ3v) is 4.78. The third-order valence-electron chi connectivity index (χ3n) is 3.41. The first kappa shape index (κ1) is 19.5. The second-order valence-corrected chi connectivity index (χ2v) is 7.04. The Hall–Kier alpha value is -2.22. The predicted molar refractivity (Wildman–Crippen MR) is 103 cm³/mol. The van der Waals surface area contributed by atoms with E-state index in [4.69, 9.17) is 37.1 Å². The number of hydrogen-bond donors (Lipinski definition) is 0. The Kier molecular flexibility index (Phi) is 6.60. The van der Waals surface area contributed by atoms with E-state index in [0.29, 0.717) is 33.0 Å². The van der Waals surface area contributed by atoms with Gasteiger partial charge in [-0.05, 0) is 30.3 Å². The van der Waals surface area contributed by atoms with E-state index in [2.05, 4.69) is 10.2 Å². The molecule has 27 heavy (non-hydrogen) atoms. The molecular formula is C18H14Cl2N2O4S. The van der Waals surface area contributed by atoms with Crippen LogP contribution in [-0.2, 0) is 6.61 Å². The van der Waals surface area contributed by atoms with E-state index in [0.717, 1.165) is 11.8 Å². The summed E-state index contributed by atoms with van der Waals surface area (Å²) in [7, 11) is 1.58. The molecule has 0 aliphatic heterocycles. The zero-order chi connectivity index (χ0) is 19.2. The summed E-state index contributed by atoms with van der Waals surface area (Å²) in [5.74, 6) is 1.56. The van der Waals surface area contributed by atoms with Gasteiger partial charge in [-0.1, -0.05) is 41.0 Å². The van der Waals surface area contributed by atoms with Crippen LogP contribution in [0.4, 0.5) is 0 Å². The van der Waals surface area contributed by atoms with Gasteiger partial charge in [-0.3, -0.25) is 4.79 Å². The van der Waals surface area contributed by atoms with Crippen molar-refractivity contribution in [2.24, 2.45) is 0 Å². The molecule has 2 aromatic carbocycles. The number of carbonyl (C=O) groups is 1. The van der Waals surface area contributed by atoms with Crippen LogP contribution in [-0.4, -0.2) is 28.8 Å². The molecule has 0 aliphatic carbocycles. The minimum absolute atomic E-state index is 0.109. The number of ketones is 1. The summed E-state index contributed by atoms with van der Waals surface area (Å²) in [6.07, 6.45) is 0. The molecule has 0 saturated heterocycles. The number of nitrogens with zero attached hydrogens (tertiary/aromatic N) is 2. The van der Waals surface area contributed by atoms with E-state index in [-0.39, 0.29) is 23.4 Å². The highest BCUT2D eigenvalue weighted by atomic mass is 35.5. The molecule has 0 atom stereocenters. The number of Topliss-reactive ketones (excluding diaryl/α,β-unsaturated/α-hetero) is 1. The van der Waals surface area contributed by atoms with Crippen molar-refractivity contribution >= 4 is 40.7 Å². The normalized spacial score (nSPS) is 10.6. The topological polar surface area (TPSA) is 74.5 Å². The number of thioether (sulfide) groups is 1. The Morgan fingerprint density at radius 1 is 1.15 bits per heavy atom. The molecule has 3 rings (SSSR count). The lowest BCUT2D eigenvalue weighted by Gasteiger charge is -2.05. The number of carbonyl (C=O) groups excluding carboxylic acids is 1. The molecule has 0 radical (unpaired) electrons. The molecule has 9 heteroatoms. The Labute approximate surface area is 169 Å². The van der Waals surface area contributed by atoms with E-state index in [1.165, 1.54) is 6.07 Å². The molecule has 0 bridgehead atoms. The molecule has 0 saturated carbocycles. The molecule has 6 nitrogen and oxygen atoms in total. The van der Waals surface area contributed by atoms with Crippen LogP contribution in [0.3, 0.4) is 0 Å². The first-order valence-electron chi connectivity index (χ1n) is 7.75. The van der Waals surface area contributed by atoms with Gasteiger partial charge in [0.1, 0.15) is 11.5 Å². The van der Waals surface area contributed by atoms with Crippen molar-refractivity contribution in [3.63, 3.8) is 0 Å². The number of benzene rings is 2. The summed E-state index contributed by atoms with van der Waals surface area (Å²) in [4.78, 5) is 12.3. The average Bonchev–Trinajstić information content (AvgIpc) is 3.12. The standard InChI is InChI=1S/C18H14Cl2N2O4S/c1-24-12-3-2-4-13(8-12)25-9-17-21-22-18(26-17)27-10-16(23)14-6-5-11(19)7-15(14)20/h2-8H,9-10H2,1H3. The zero-order valence-corrected chi connectivity index (χ0v) is 16.5. The maximum atomic E-state index is 12.3. The highest BCUT2D eigenvalue weighted by Crippen LogP contribution is 2.25. The van der Waals surface area contributed by atoms with E-state index in [1.54, 1.807) is 31.4 Å². The minimum atomic E-state index is -0.158. The number of halogens is 2. The highest BCUT2D eigenvalue weighted by Gasteiger charge is 2.14. The fourth-order valence-corrected chi connectivity index (χ4v) is 3.29. The lowest BCUT2D eigenvalue weighted by atomic mass is 10.1. The molecule has 1 aromatic heterocycles. The van der Waals surface area contributed by atoms with Crippen LogP contribution < -0.4 is 9.47 Å². The van der Waals surface area contributed by atoms with Crippen LogP contribution in [0, 0.1) is 0 Å². The van der Waals surface area contributed by atoms with Gasteiger partial charge in [0.2, 0.25) is 0 Å². The van der Waals surface area contributed by atoms with Gasteiger partial charge in [-0.2, -0.15) is 0 Å². The Morgan fingerprint density at radius 2 is 1.96 bits per heavy atom. The summed E-state index contributed by atoms with van der Waals surface area (Å²) in [5, 5.41) is 8.87. The number of aromatic nitrogens is 2. The molecule has 0 N–H and O–H groups in total. The second kappa shape index (κ2) is 9.12. The highest BCUT2D eigenvalue weighted by molar-refractivity contribution is 7.99. The molecule has 0 spiro atoms. The van der Waals surface area contributed by atoms with Crippen molar-refractivity contribution < 1.29 is 18.7 Å². The summed E-state index contributed by atoms with van der Waals surface area (Å²) >= 11 is 13.0. The molecule has 0 amide bonds. The zero-order valence-electron chi connectivity index (χ0n) is 14.1. The minimum Gasteiger partial charge on any atom is -0.497 e. The lowest BCUT2D eigenvalue weighted by molar-refractivity contribution is 0.102. The predicted octanol–water partition coefficient (Wildman–Crippen LogP) is 4.94. The number of methoxy groups -OCH3 is 1. The van der Waals surface area contributed by atoms with Crippen molar-refractivity contribution in [1.82, 2.24) is 10.2 Å². The van der Waals surface area contributed by atoms with Crippen LogP contribution >= 0.6 is 35.0 Å². The van der Waals surface area contributed by atoms with Gasteiger partial charge in [-0.25, -0.2) is 0 Å². The van der Waals surface area contributed by atoms with Gasteiger partial charge in [0.15, 0.2) is 12.4 Å². The van der Waals surface area contributed by atoms with Crippen molar-refractivity contribution in [3.05, 3.63) is 64.0 Å². The van der Waals surface area contributed by atoms with Crippen LogP contribution in [0.15, 0.2) is 52.1 Å². The molecule has 140 valence electrons. The van der Waals surface area contributed by atoms with Crippen LogP contribution in [0.25, 0.3) is 0 Å². The van der Waals surface area contributed by atoms with Gasteiger partial charge in [0.25, 0.3) is 11.1 Å². The number of hydrogen-bond acceptors (Lipinski definition) is 7. The molecule has 0 aliphatic rings. The number of rotatable bonds is 8. The van der Waals surface area contributed by atoms with Crippen LogP contribution in [0.2, 0.25) is 10.0 Å². The van der Waals surface area contributed by atoms with Crippen molar-refractivity contribution in [1.29, 1.82) is 0 Å². The van der Waals surface area contributed by atoms with E-state index < -0.39 is 0 Å². The fraction of sp³-hybridized carbons (Fsp3) is 0.167. The van der Waals surface area contributed by atoms with Gasteiger partial charge in [0.05, 0.1) is 17.9 Å². The molecule has 0 fully saturated rings. The lowest BCUT2D eigenvalue weighted by Crippen LogP contribution is -2.03. The first-order valence-corrected chi connectivity index (χ1v) is 9.49. The van der Waals surface area contributed by atoms with Gasteiger partial charge < -0.3 is 13.9 Å². The maximum absolute atomic E-state index is 12.3. The molecular weight excluding hydrogens is 411 g/mol. The summed E-state index contributed by atoms with van der Waals surface area (Å²) in [6, 6.07) is 11.9. The number of ether oxygens (including phenoxy) is 2. The summed E-state index contributed by atoms with van der Waals surface area (Å²) in [5.41, 5.74) is 0.398. The Morgan fingerprint density at radius 3 is 2.74 bits per heavy atom. The SMILES string of the molecule is COc1cccc(OCc2nnc(SCC(=O)c3ccc(Cl)cc3Cl)o2)c1. The van der Waals surface area contributed by atoms with E-state index >= 15 is 0 Å². The van der Waals surface area contributed by atoms with Crippen LogP contribution in [0.1, 0.15) is 16.2 Å². The second-order valence-electron chi connectivity index (χ2n) is 5.27. The Balaban J connectivity index is 1.53. The average molecular weight is 425 g/mol. The van der Waals surface area contributed by atoms with Crippen LogP contribution in [0.5, 0.6) is 11.5 Å². The molecule has 1 heterocycles. The van der Waals surface area contributed by atoms with Crippen molar-refractivity contribution in [2.75, 3.05) is 12.9 Å². The summed E-state index contributed by atoms with van der Waals surface area (Å²) in [6.45, 7) is 0.109. The van der Waals surface area contributed by atoms with E-state index in [1.807, 2.05) is 12.1 Å². The molecule has 3 aromatic rings. The van der Waals surface area contributed by atoms with Gasteiger partial charge in [-0.15, -0.1) is 10.2 Å². The first-order chi connectivity index (χ1) is 13.0. The van der Waals surface area contributed by atoms with Gasteiger partial charge >= 0.3 is 0 Å². The van der Waals surface area contributed by atoms with E-state index in [9.17, 15) is 4.79 Å². The monoisotopic (exact) mass is 424 g/mol. The quantitative estimate of drug-likeness (QED) is 0.374. The largest absolute Gasteiger partial charge is 0.497 e. The third kappa shape index (κ3) is 5.38.